The highest BCUT2D eigenvalue weighted by atomic mass is 19.1. The molecule has 8 nitrogen and oxygen atoms in total. The Kier molecular flexibility index (Phi) is 8.95. The smallest absolute Gasteiger partial charge is 0.290 e. The number of amides is 2. The van der Waals surface area contributed by atoms with Crippen LogP contribution < -0.4 is 5.32 Å². The Morgan fingerprint density at radius 1 is 1.22 bits per heavy atom. The monoisotopic (exact) mass is 501 g/mol. The van der Waals surface area contributed by atoms with E-state index >= 15 is 0 Å². The van der Waals surface area contributed by atoms with Gasteiger partial charge in [-0.25, -0.2) is 9.37 Å². The minimum atomic E-state index is -0.371. The lowest BCUT2D eigenvalue weighted by atomic mass is 9.92. The molecule has 1 N–H and O–H groups in total. The van der Waals surface area contributed by atoms with Gasteiger partial charge in [0.05, 0.1) is 17.0 Å². The molecule has 2 aromatic rings. The van der Waals surface area contributed by atoms with Gasteiger partial charge in [0, 0.05) is 65.1 Å². The van der Waals surface area contributed by atoms with Crippen molar-refractivity contribution in [2.24, 2.45) is 11.8 Å². The van der Waals surface area contributed by atoms with Crippen molar-refractivity contribution in [2.45, 2.75) is 58.5 Å². The quantitative estimate of drug-likeness (QED) is 0.506. The highest BCUT2D eigenvalue weighted by Crippen LogP contribution is 2.25. The van der Waals surface area contributed by atoms with Crippen molar-refractivity contribution in [3.8, 4) is 0 Å². The maximum Gasteiger partial charge on any atom is 0.290 e. The van der Waals surface area contributed by atoms with Crippen molar-refractivity contribution in [3.05, 3.63) is 29.8 Å². The summed E-state index contributed by atoms with van der Waals surface area (Å²) in [5.41, 5.74) is 1.24. The number of nitrogens with one attached hydrogen (secondary N) is 1. The van der Waals surface area contributed by atoms with Crippen LogP contribution in [0.15, 0.2) is 18.2 Å². The molecule has 2 aliphatic heterocycles. The minimum absolute atomic E-state index is 0.108. The Hall–Kier alpha value is -2.52. The van der Waals surface area contributed by atoms with Gasteiger partial charge in [-0.3, -0.25) is 9.59 Å². The number of nitrogens with zero attached hydrogens (tertiary/aromatic N) is 4. The van der Waals surface area contributed by atoms with E-state index in [1.807, 2.05) is 14.4 Å². The highest BCUT2D eigenvalue weighted by molar-refractivity contribution is 5.95. The molecule has 0 spiro atoms. The zero-order valence-electron chi connectivity index (χ0n) is 21.8. The molecule has 4 rings (SSSR count). The molecule has 0 saturated carbocycles. The number of fused-ring (bicyclic) bond motifs is 1. The number of imidazole rings is 1. The van der Waals surface area contributed by atoms with Crippen molar-refractivity contribution >= 4 is 22.8 Å². The minimum Gasteiger partial charge on any atom is -0.385 e. The summed E-state index contributed by atoms with van der Waals surface area (Å²) < 4.78 is 21.1. The molecule has 2 aliphatic rings. The molecule has 1 aromatic carbocycles. The van der Waals surface area contributed by atoms with Crippen LogP contribution in [0.2, 0.25) is 0 Å². The van der Waals surface area contributed by atoms with Crippen LogP contribution in [0.4, 0.5) is 4.39 Å². The fourth-order valence-electron chi connectivity index (χ4n) is 5.47. The van der Waals surface area contributed by atoms with E-state index in [-0.39, 0.29) is 35.5 Å². The van der Waals surface area contributed by atoms with Crippen LogP contribution in [0.25, 0.3) is 11.0 Å². The zero-order valence-corrected chi connectivity index (χ0v) is 21.8. The summed E-state index contributed by atoms with van der Waals surface area (Å²) in [4.78, 5) is 35.7. The van der Waals surface area contributed by atoms with Crippen LogP contribution >= 0.6 is 0 Å². The first-order valence-corrected chi connectivity index (χ1v) is 13.3. The summed E-state index contributed by atoms with van der Waals surface area (Å²) in [5.74, 6) is 0.119. The summed E-state index contributed by atoms with van der Waals surface area (Å²) in [5, 5.41) is 3.41. The van der Waals surface area contributed by atoms with Gasteiger partial charge in [0.15, 0.2) is 5.82 Å². The number of aryl methyl sites for hydroxylation is 1. The lowest BCUT2D eigenvalue weighted by Crippen LogP contribution is -2.55. The number of rotatable bonds is 10. The fourth-order valence-corrected chi connectivity index (χ4v) is 5.47. The average molecular weight is 502 g/mol. The Labute approximate surface area is 213 Å². The molecule has 198 valence electrons. The molecular formula is C27H40FN5O3. The third-order valence-electron chi connectivity index (χ3n) is 7.24. The lowest BCUT2D eigenvalue weighted by Gasteiger charge is -2.39. The first kappa shape index (κ1) is 26.5. The van der Waals surface area contributed by atoms with Crippen LogP contribution in [0, 0.1) is 17.7 Å². The number of ether oxygens (including phenoxy) is 1. The van der Waals surface area contributed by atoms with Gasteiger partial charge in [0.2, 0.25) is 5.91 Å². The number of halogens is 1. The molecule has 0 unspecified atom stereocenters. The van der Waals surface area contributed by atoms with Gasteiger partial charge in [-0.2, -0.15) is 0 Å². The van der Waals surface area contributed by atoms with E-state index < -0.39 is 0 Å². The van der Waals surface area contributed by atoms with Gasteiger partial charge < -0.3 is 24.4 Å². The molecule has 0 bridgehead atoms. The van der Waals surface area contributed by atoms with E-state index in [1.54, 1.807) is 13.2 Å². The van der Waals surface area contributed by atoms with Gasteiger partial charge in [-0.05, 0) is 50.2 Å². The maximum atomic E-state index is 14.1. The van der Waals surface area contributed by atoms with E-state index in [2.05, 4.69) is 24.1 Å². The second-order valence-corrected chi connectivity index (χ2v) is 10.5. The lowest BCUT2D eigenvalue weighted by molar-refractivity contribution is -0.135. The number of methoxy groups -OCH3 is 1. The van der Waals surface area contributed by atoms with Gasteiger partial charge in [-0.15, -0.1) is 0 Å². The molecule has 36 heavy (non-hydrogen) atoms. The standard InChI is InChI=1S/C27H40FN5O3/c1-19(2)18-33(22-14-20(16-29-17-22)26(34)31-10-4-5-11-31)27(35)25-30-23-15-21(28)8-9-24(23)32(25)12-6-7-13-36-3/h8-9,15,19-20,22,29H,4-7,10-14,16-18H2,1-3H3/t20-,22+/m1/s1. The van der Waals surface area contributed by atoms with Crippen molar-refractivity contribution in [1.29, 1.82) is 0 Å². The summed E-state index contributed by atoms with van der Waals surface area (Å²) >= 11 is 0. The Balaban J connectivity index is 1.60. The molecular weight excluding hydrogens is 461 g/mol. The predicted molar refractivity (Wildman–Crippen MR) is 137 cm³/mol. The molecule has 2 fully saturated rings. The number of benzene rings is 1. The number of piperidine rings is 1. The Morgan fingerprint density at radius 3 is 2.72 bits per heavy atom. The Bertz CT molecular complexity index is 1050. The Morgan fingerprint density at radius 2 is 2.00 bits per heavy atom. The summed E-state index contributed by atoms with van der Waals surface area (Å²) in [6.07, 6.45) is 4.44. The second kappa shape index (κ2) is 12.1. The fraction of sp³-hybridized carbons (Fsp3) is 0.667. The summed E-state index contributed by atoms with van der Waals surface area (Å²) in [7, 11) is 1.67. The largest absolute Gasteiger partial charge is 0.385 e. The molecule has 3 heterocycles. The average Bonchev–Trinajstić information content (AvgIpc) is 3.52. The predicted octanol–water partition coefficient (Wildman–Crippen LogP) is 3.30. The number of carbonyl (C=O) groups excluding carboxylic acids is 2. The third-order valence-corrected chi connectivity index (χ3v) is 7.24. The van der Waals surface area contributed by atoms with Crippen molar-refractivity contribution in [2.75, 3.05) is 46.4 Å². The highest BCUT2D eigenvalue weighted by Gasteiger charge is 2.37. The number of likely N-dealkylation sites (tertiary alicyclic amines) is 1. The summed E-state index contributed by atoms with van der Waals surface area (Å²) in [6, 6.07) is 4.39. The number of unbranched alkanes of at least 4 members (excludes halogenated alkanes) is 1. The van der Waals surface area contributed by atoms with Crippen molar-refractivity contribution < 1.29 is 18.7 Å². The first-order chi connectivity index (χ1) is 17.4. The van der Waals surface area contributed by atoms with E-state index in [4.69, 9.17) is 4.74 Å². The topological polar surface area (TPSA) is 79.7 Å². The number of carbonyl (C=O) groups is 2. The molecule has 9 heteroatoms. The molecule has 2 atom stereocenters. The molecule has 2 saturated heterocycles. The van der Waals surface area contributed by atoms with Crippen LogP contribution in [-0.4, -0.2) is 83.6 Å². The van der Waals surface area contributed by atoms with Crippen LogP contribution in [0.3, 0.4) is 0 Å². The summed E-state index contributed by atoms with van der Waals surface area (Å²) in [6.45, 7) is 8.94. The first-order valence-electron chi connectivity index (χ1n) is 13.3. The SMILES string of the molecule is COCCCCn1c(C(=O)N(CC(C)C)[C@@H]2CNC[C@H](C(=O)N3CCCC3)C2)nc2cc(F)ccc21. The van der Waals surface area contributed by atoms with E-state index in [1.165, 1.54) is 12.1 Å². The van der Waals surface area contributed by atoms with E-state index in [9.17, 15) is 14.0 Å². The molecule has 0 radical (unpaired) electrons. The normalized spacial score (nSPS) is 20.4. The number of hydrogen-bond acceptors (Lipinski definition) is 5. The number of aromatic nitrogens is 2. The molecule has 2 amide bonds. The van der Waals surface area contributed by atoms with E-state index in [0.29, 0.717) is 50.5 Å². The van der Waals surface area contributed by atoms with Crippen LogP contribution in [-0.2, 0) is 16.1 Å². The zero-order chi connectivity index (χ0) is 25.7. The third kappa shape index (κ3) is 6.06. The second-order valence-electron chi connectivity index (χ2n) is 10.5. The molecule has 1 aromatic heterocycles. The molecule has 0 aliphatic carbocycles. The van der Waals surface area contributed by atoms with Crippen LogP contribution in [0.1, 0.15) is 56.6 Å². The maximum absolute atomic E-state index is 14.1. The van der Waals surface area contributed by atoms with Gasteiger partial charge in [0.1, 0.15) is 5.82 Å². The van der Waals surface area contributed by atoms with Gasteiger partial charge in [-0.1, -0.05) is 13.8 Å². The number of hydrogen-bond donors (Lipinski definition) is 1. The van der Waals surface area contributed by atoms with Crippen molar-refractivity contribution in [3.63, 3.8) is 0 Å². The van der Waals surface area contributed by atoms with Crippen molar-refractivity contribution in [1.82, 2.24) is 24.7 Å². The van der Waals surface area contributed by atoms with Crippen LogP contribution in [0.5, 0.6) is 0 Å². The van der Waals surface area contributed by atoms with Gasteiger partial charge >= 0.3 is 0 Å². The van der Waals surface area contributed by atoms with Gasteiger partial charge in [0.25, 0.3) is 5.91 Å². The van der Waals surface area contributed by atoms with E-state index in [0.717, 1.165) is 44.3 Å².